The fraction of sp³-hybridized carbons (Fsp3) is 0.690. The molecule has 5 rings (SSSR count). The Labute approximate surface area is 188 Å². The van der Waals surface area contributed by atoms with Crippen LogP contribution < -0.4 is 4.74 Å². The number of rotatable bonds is 2. The molecule has 4 aliphatic rings. The molecule has 0 aliphatic heterocycles. The molecule has 0 bridgehead atoms. The maximum atomic E-state index is 13.7. The molecule has 0 spiro atoms. The summed E-state index contributed by atoms with van der Waals surface area (Å²) < 4.78 is 5.31. The molecule has 0 heterocycles. The molecule has 2 nitrogen and oxygen atoms in total. The number of hydrogen-bond acceptors (Lipinski definition) is 2. The molecule has 4 aliphatic carbocycles. The first-order chi connectivity index (χ1) is 14.7. The van der Waals surface area contributed by atoms with Gasteiger partial charge in [0.25, 0.3) is 0 Å². The summed E-state index contributed by atoms with van der Waals surface area (Å²) in [5.74, 6) is 4.31. The predicted octanol–water partition coefficient (Wildman–Crippen LogP) is 7.33. The van der Waals surface area contributed by atoms with Gasteiger partial charge in [-0.2, -0.15) is 0 Å². The molecule has 2 heteroatoms. The number of hydrogen-bond donors (Lipinski definition) is 0. The summed E-state index contributed by atoms with van der Waals surface area (Å²) in [6, 6.07) is 8.14. The molecular formula is C29H40O2. The molecule has 31 heavy (non-hydrogen) atoms. The molecule has 1 aromatic rings. The molecular weight excluding hydrogens is 380 g/mol. The molecule has 0 unspecified atom stereocenters. The van der Waals surface area contributed by atoms with E-state index in [1.165, 1.54) is 44.9 Å². The maximum absolute atomic E-state index is 13.7. The fourth-order valence-corrected chi connectivity index (χ4v) is 8.97. The fourth-order valence-electron chi connectivity index (χ4n) is 8.97. The lowest BCUT2D eigenvalue weighted by atomic mass is 9.41. The van der Waals surface area contributed by atoms with Crippen molar-refractivity contribution in [2.75, 3.05) is 7.11 Å². The smallest absolute Gasteiger partial charge is 0.164 e. The highest BCUT2D eigenvalue weighted by atomic mass is 16.5. The number of carbonyl (C=O) groups is 1. The lowest BCUT2D eigenvalue weighted by molar-refractivity contribution is -0.153. The van der Waals surface area contributed by atoms with Gasteiger partial charge in [-0.25, -0.2) is 0 Å². The Bertz CT molecular complexity index is 894. The van der Waals surface area contributed by atoms with Crippen molar-refractivity contribution in [3.8, 4) is 5.75 Å². The Balaban J connectivity index is 1.51. The zero-order chi connectivity index (χ0) is 22.0. The number of carbonyl (C=O) groups excluding carboxylic acids is 1. The summed E-state index contributed by atoms with van der Waals surface area (Å²) in [6.45, 7) is 9.62. The van der Waals surface area contributed by atoms with Crippen LogP contribution in [0.25, 0.3) is 6.08 Å². The summed E-state index contributed by atoms with van der Waals surface area (Å²) in [5.41, 5.74) is 2.72. The van der Waals surface area contributed by atoms with Crippen molar-refractivity contribution >= 4 is 11.9 Å². The first-order valence-electron chi connectivity index (χ1n) is 12.6. The Hall–Kier alpha value is -1.57. The maximum Gasteiger partial charge on any atom is 0.164 e. The van der Waals surface area contributed by atoms with Gasteiger partial charge in [0.1, 0.15) is 5.75 Å². The lowest BCUT2D eigenvalue weighted by Crippen LogP contribution is -2.58. The van der Waals surface area contributed by atoms with Crippen LogP contribution >= 0.6 is 0 Å². The van der Waals surface area contributed by atoms with Crippen molar-refractivity contribution in [3.63, 3.8) is 0 Å². The van der Waals surface area contributed by atoms with Crippen molar-refractivity contribution in [2.24, 2.45) is 39.9 Å². The monoisotopic (exact) mass is 420 g/mol. The van der Waals surface area contributed by atoms with Crippen LogP contribution in [0, 0.1) is 39.9 Å². The third kappa shape index (κ3) is 3.15. The summed E-state index contributed by atoms with van der Waals surface area (Å²) in [6.07, 6.45) is 12.8. The Morgan fingerprint density at radius 3 is 2.39 bits per heavy atom. The second-order valence-corrected chi connectivity index (χ2v) is 12.3. The van der Waals surface area contributed by atoms with Gasteiger partial charge >= 0.3 is 0 Å². The van der Waals surface area contributed by atoms with Crippen LogP contribution in [0.15, 0.2) is 29.8 Å². The van der Waals surface area contributed by atoms with Gasteiger partial charge in [0.15, 0.2) is 5.78 Å². The van der Waals surface area contributed by atoms with Crippen LogP contribution in [0.5, 0.6) is 5.75 Å². The van der Waals surface area contributed by atoms with Gasteiger partial charge in [-0.1, -0.05) is 46.2 Å². The summed E-state index contributed by atoms with van der Waals surface area (Å²) in [7, 11) is 1.70. The molecule has 0 aromatic heterocycles. The minimum atomic E-state index is -0.271. The number of methoxy groups -OCH3 is 1. The van der Waals surface area contributed by atoms with Gasteiger partial charge in [0, 0.05) is 5.41 Å². The number of ketones is 1. The third-order valence-corrected chi connectivity index (χ3v) is 10.4. The van der Waals surface area contributed by atoms with E-state index in [1.54, 1.807) is 7.11 Å². The van der Waals surface area contributed by atoms with Crippen LogP contribution in [0.2, 0.25) is 0 Å². The van der Waals surface area contributed by atoms with Gasteiger partial charge in [0.2, 0.25) is 0 Å². The first-order valence-corrected chi connectivity index (χ1v) is 12.6. The van der Waals surface area contributed by atoms with E-state index in [0.717, 1.165) is 41.1 Å². The van der Waals surface area contributed by atoms with E-state index < -0.39 is 0 Å². The van der Waals surface area contributed by atoms with Gasteiger partial charge in [-0.15, -0.1) is 0 Å². The van der Waals surface area contributed by atoms with Gasteiger partial charge in [0.05, 0.1) is 7.11 Å². The number of ether oxygens (including phenoxy) is 1. The zero-order valence-corrected chi connectivity index (χ0v) is 20.2. The Morgan fingerprint density at radius 1 is 0.935 bits per heavy atom. The highest BCUT2D eigenvalue weighted by Crippen LogP contribution is 2.68. The number of allylic oxidation sites excluding steroid dienone is 1. The highest BCUT2D eigenvalue weighted by molar-refractivity contribution is 6.04. The Morgan fingerprint density at radius 2 is 1.68 bits per heavy atom. The summed E-state index contributed by atoms with van der Waals surface area (Å²) in [5, 5.41) is 0. The van der Waals surface area contributed by atoms with Crippen LogP contribution in [0.3, 0.4) is 0 Å². The van der Waals surface area contributed by atoms with E-state index in [1.807, 2.05) is 12.1 Å². The minimum absolute atomic E-state index is 0.239. The molecule has 0 N–H and O–H groups in total. The van der Waals surface area contributed by atoms with Crippen molar-refractivity contribution < 1.29 is 9.53 Å². The Kier molecular flexibility index (Phi) is 4.96. The van der Waals surface area contributed by atoms with E-state index in [4.69, 9.17) is 4.74 Å². The van der Waals surface area contributed by atoms with Crippen LogP contribution in [0.1, 0.15) is 84.6 Å². The molecule has 0 radical (unpaired) electrons. The summed E-state index contributed by atoms with van der Waals surface area (Å²) >= 11 is 0. The third-order valence-electron chi connectivity index (χ3n) is 10.4. The molecule has 0 saturated heterocycles. The molecule has 6 atom stereocenters. The standard InChI is InChI=1S/C29H40O2/c1-27(2)25-13-12-22-23-7-6-15-28(23,3)16-14-24(22)29(25,4)18-20(26(27)30)17-19-8-10-21(31-5)11-9-19/h8-11,17,22-25H,6-7,12-16,18H2,1-5H3/b20-17-/t22-,23-,24-,25-,28-,29+/m0/s1. The topological polar surface area (TPSA) is 26.3 Å². The molecule has 168 valence electrons. The normalized spacial score (nSPS) is 42.6. The number of Topliss-reactive ketones (excluding diaryl/α,β-unsaturated/α-hetero) is 1. The average Bonchev–Trinajstić information content (AvgIpc) is 3.14. The molecule has 4 saturated carbocycles. The van der Waals surface area contributed by atoms with Crippen molar-refractivity contribution in [1.82, 2.24) is 0 Å². The van der Waals surface area contributed by atoms with Crippen molar-refractivity contribution in [1.29, 1.82) is 0 Å². The average molecular weight is 421 g/mol. The van der Waals surface area contributed by atoms with Gasteiger partial charge in [-0.05, 0) is 109 Å². The van der Waals surface area contributed by atoms with Gasteiger partial charge in [-0.3, -0.25) is 4.79 Å². The predicted molar refractivity (Wildman–Crippen MR) is 127 cm³/mol. The van der Waals surface area contributed by atoms with Crippen LogP contribution in [-0.4, -0.2) is 12.9 Å². The summed E-state index contributed by atoms with van der Waals surface area (Å²) in [4.78, 5) is 13.7. The molecule has 1 aromatic carbocycles. The zero-order valence-electron chi connectivity index (χ0n) is 20.2. The van der Waals surface area contributed by atoms with Crippen molar-refractivity contribution in [3.05, 3.63) is 35.4 Å². The first kappa shape index (κ1) is 21.3. The second kappa shape index (κ2) is 7.22. The number of benzene rings is 1. The van der Waals surface area contributed by atoms with E-state index in [9.17, 15) is 4.79 Å². The lowest BCUT2D eigenvalue weighted by Gasteiger charge is -2.63. The van der Waals surface area contributed by atoms with Crippen LogP contribution in [-0.2, 0) is 4.79 Å². The minimum Gasteiger partial charge on any atom is -0.497 e. The second-order valence-electron chi connectivity index (χ2n) is 12.3. The van der Waals surface area contributed by atoms with Crippen LogP contribution in [0.4, 0.5) is 0 Å². The quantitative estimate of drug-likeness (QED) is 0.468. The SMILES string of the molecule is COc1ccc(/C=C2/C[C@]3(C)[C@H]4CC[C@]5(C)CCC[C@H]5[C@@H]4CC[C@H]3C(C)(C)C2=O)cc1. The molecule has 0 amide bonds. The van der Waals surface area contributed by atoms with Gasteiger partial charge < -0.3 is 4.74 Å². The molecule has 4 fully saturated rings. The highest BCUT2D eigenvalue weighted by Gasteiger charge is 2.62. The largest absolute Gasteiger partial charge is 0.497 e. The van der Waals surface area contributed by atoms with E-state index in [0.29, 0.717) is 17.1 Å². The van der Waals surface area contributed by atoms with E-state index in [2.05, 4.69) is 45.9 Å². The number of fused-ring (bicyclic) bond motifs is 5. The van der Waals surface area contributed by atoms with Crippen molar-refractivity contribution in [2.45, 2.75) is 79.1 Å². The van der Waals surface area contributed by atoms with E-state index in [-0.39, 0.29) is 10.8 Å². The van der Waals surface area contributed by atoms with E-state index >= 15 is 0 Å².